The summed E-state index contributed by atoms with van der Waals surface area (Å²) in [4.78, 5) is 69.3. The Morgan fingerprint density at radius 1 is 1.11 bits per heavy atom. The van der Waals surface area contributed by atoms with E-state index in [2.05, 4.69) is 32.4 Å². The molecule has 2 fully saturated rings. The van der Waals surface area contributed by atoms with Gasteiger partial charge in [-0.1, -0.05) is 29.5 Å². The number of halogens is 1. The molecule has 5 amide bonds. The van der Waals surface area contributed by atoms with Crippen molar-refractivity contribution in [2.45, 2.75) is 38.3 Å². The highest BCUT2D eigenvalue weighted by molar-refractivity contribution is 6.33. The molecular formula is C32H26ClN7O5. The number of nitrogens with one attached hydrogen (secondary N) is 2. The fourth-order valence-electron chi connectivity index (χ4n) is 5.38. The Morgan fingerprint density at radius 2 is 1.87 bits per heavy atom. The third kappa shape index (κ3) is 5.41. The van der Waals surface area contributed by atoms with Crippen molar-refractivity contribution < 1.29 is 24.0 Å². The van der Waals surface area contributed by atoms with E-state index in [0.29, 0.717) is 29.4 Å². The molecule has 3 aliphatic rings. The topological polar surface area (TPSA) is 138 Å². The van der Waals surface area contributed by atoms with Crippen LogP contribution in [-0.4, -0.2) is 63.3 Å². The number of piperidine rings is 1. The molecule has 45 heavy (non-hydrogen) atoms. The van der Waals surface area contributed by atoms with E-state index in [-0.39, 0.29) is 41.5 Å². The van der Waals surface area contributed by atoms with Crippen molar-refractivity contribution in [3.05, 3.63) is 81.9 Å². The van der Waals surface area contributed by atoms with Crippen LogP contribution in [0.25, 0.3) is 4.85 Å². The zero-order chi connectivity index (χ0) is 32.0. The molecule has 6 rings (SSSR count). The molecule has 0 radical (unpaired) electrons. The number of fused-ring (bicyclic) bond motifs is 1. The Balaban J connectivity index is 1.07. The number of benzene rings is 2. The van der Waals surface area contributed by atoms with Gasteiger partial charge in [-0.05, 0) is 50.6 Å². The van der Waals surface area contributed by atoms with Crippen LogP contribution < -0.4 is 15.5 Å². The first-order valence-corrected chi connectivity index (χ1v) is 14.5. The van der Waals surface area contributed by atoms with E-state index in [4.69, 9.17) is 18.2 Å². The van der Waals surface area contributed by atoms with E-state index < -0.39 is 35.2 Å². The molecule has 4 heterocycles. The van der Waals surface area contributed by atoms with Crippen molar-refractivity contribution in [3.8, 4) is 11.8 Å². The minimum Gasteiger partial charge on any atom is -0.369 e. The highest BCUT2D eigenvalue weighted by Crippen LogP contribution is 2.33. The summed E-state index contributed by atoms with van der Waals surface area (Å²) in [7, 11) is 0. The van der Waals surface area contributed by atoms with Gasteiger partial charge >= 0.3 is 0 Å². The van der Waals surface area contributed by atoms with Crippen LogP contribution in [0.5, 0.6) is 0 Å². The van der Waals surface area contributed by atoms with Crippen LogP contribution in [0.3, 0.4) is 0 Å². The molecule has 1 unspecified atom stereocenters. The number of amides is 5. The van der Waals surface area contributed by atoms with Crippen molar-refractivity contribution in [2.75, 3.05) is 23.3 Å². The van der Waals surface area contributed by atoms with Crippen molar-refractivity contribution in [1.29, 1.82) is 0 Å². The molecule has 226 valence electrons. The molecule has 2 saturated heterocycles. The summed E-state index contributed by atoms with van der Waals surface area (Å²) in [5.74, 6) is 3.93. The van der Waals surface area contributed by atoms with Crippen LogP contribution in [0.4, 0.5) is 17.1 Å². The van der Waals surface area contributed by atoms with Crippen LogP contribution in [-0.2, 0) is 19.9 Å². The quantitative estimate of drug-likeness (QED) is 0.253. The van der Waals surface area contributed by atoms with Gasteiger partial charge in [0, 0.05) is 42.1 Å². The highest BCUT2D eigenvalue weighted by Gasteiger charge is 2.45. The second-order valence-corrected chi connectivity index (χ2v) is 11.9. The van der Waals surface area contributed by atoms with Gasteiger partial charge in [-0.25, -0.2) is 4.85 Å². The lowest BCUT2D eigenvalue weighted by Crippen LogP contribution is -2.54. The molecule has 0 bridgehead atoms. The molecule has 1 aromatic heterocycles. The first kappa shape index (κ1) is 29.6. The average molecular weight is 624 g/mol. The molecule has 3 aliphatic heterocycles. The minimum absolute atomic E-state index is 0.0526. The zero-order valence-corrected chi connectivity index (χ0v) is 25.0. The number of rotatable bonds is 5. The van der Waals surface area contributed by atoms with Gasteiger partial charge in [-0.2, -0.15) is 5.10 Å². The first-order chi connectivity index (χ1) is 21.5. The second kappa shape index (κ2) is 11.2. The van der Waals surface area contributed by atoms with E-state index in [9.17, 15) is 24.0 Å². The lowest BCUT2D eigenvalue weighted by molar-refractivity contribution is -0.136. The minimum atomic E-state index is -1.05. The van der Waals surface area contributed by atoms with Crippen LogP contribution in [0.1, 0.15) is 53.0 Å². The number of anilines is 2. The standard InChI is InChI=1S/C32H26ClN7O5/c1-32(2,31(45)36-20-6-9-24(33)25(12-20)34-3)39-17-18(14-35-39)4-5-19-15-38(16-19)21-7-8-22-23(13-21)30(44)40(29(22)43)26-10-11-27(41)37-28(26)42/h6-9,12-14,17,19,26H,10-11,15-16H2,1-2H3,(H,36,45)(H,37,41,42). The van der Waals surface area contributed by atoms with Crippen LogP contribution in [0.2, 0.25) is 5.02 Å². The fraction of sp³-hybridized carbons (Fsp3) is 0.281. The molecule has 1 atom stereocenters. The molecule has 2 N–H and O–H groups in total. The molecule has 2 aromatic carbocycles. The van der Waals surface area contributed by atoms with Crippen LogP contribution in [0.15, 0.2) is 48.8 Å². The maximum absolute atomic E-state index is 13.1. The summed E-state index contributed by atoms with van der Waals surface area (Å²) < 4.78 is 1.53. The lowest BCUT2D eigenvalue weighted by Gasteiger charge is -2.38. The smallest absolute Gasteiger partial charge is 0.262 e. The molecular weight excluding hydrogens is 598 g/mol. The van der Waals surface area contributed by atoms with Gasteiger partial charge in [0.1, 0.15) is 11.6 Å². The number of carbonyl (C=O) groups is 5. The summed E-state index contributed by atoms with van der Waals surface area (Å²) in [6.45, 7) is 11.9. The van der Waals surface area contributed by atoms with Gasteiger partial charge in [-0.3, -0.25) is 38.9 Å². The molecule has 3 aromatic rings. The van der Waals surface area contributed by atoms with Gasteiger partial charge in [0.25, 0.3) is 17.7 Å². The molecule has 0 aliphatic carbocycles. The maximum atomic E-state index is 13.1. The summed E-state index contributed by atoms with van der Waals surface area (Å²) in [6.07, 6.45) is 3.46. The normalized spacial score (nSPS) is 18.0. The summed E-state index contributed by atoms with van der Waals surface area (Å²) in [6, 6.07) is 8.72. The van der Waals surface area contributed by atoms with Crippen molar-refractivity contribution in [2.24, 2.45) is 5.92 Å². The molecule has 0 saturated carbocycles. The molecule has 0 spiro atoms. The molecule has 12 nitrogen and oxygen atoms in total. The highest BCUT2D eigenvalue weighted by atomic mass is 35.5. The number of imide groups is 2. The van der Waals surface area contributed by atoms with Crippen molar-refractivity contribution >= 4 is 58.2 Å². The van der Waals surface area contributed by atoms with Gasteiger partial charge in [0.15, 0.2) is 0 Å². The Bertz CT molecular complexity index is 1910. The monoisotopic (exact) mass is 623 g/mol. The van der Waals surface area contributed by atoms with Gasteiger partial charge < -0.3 is 10.2 Å². The number of nitrogens with zero attached hydrogens (tertiary/aromatic N) is 5. The Morgan fingerprint density at radius 3 is 2.60 bits per heavy atom. The van der Waals surface area contributed by atoms with Gasteiger partial charge in [0.05, 0.1) is 35.4 Å². The van der Waals surface area contributed by atoms with Crippen molar-refractivity contribution in [1.82, 2.24) is 20.0 Å². The summed E-state index contributed by atoms with van der Waals surface area (Å²) in [5.41, 5.74) is 1.53. The maximum Gasteiger partial charge on any atom is 0.262 e. The van der Waals surface area contributed by atoms with Gasteiger partial charge in [0.2, 0.25) is 17.5 Å². The summed E-state index contributed by atoms with van der Waals surface area (Å²) in [5, 5.41) is 9.66. The van der Waals surface area contributed by atoms with Crippen LogP contribution >= 0.6 is 11.6 Å². The number of aromatic nitrogens is 2. The Kier molecular flexibility index (Phi) is 7.39. The second-order valence-electron chi connectivity index (χ2n) is 11.5. The van der Waals surface area contributed by atoms with E-state index in [1.54, 1.807) is 56.6 Å². The van der Waals surface area contributed by atoms with Gasteiger partial charge in [-0.15, -0.1) is 0 Å². The fourth-order valence-corrected chi connectivity index (χ4v) is 5.54. The third-order valence-electron chi connectivity index (χ3n) is 8.13. The lowest BCUT2D eigenvalue weighted by atomic mass is 9.98. The SMILES string of the molecule is [C-]#[N+]c1cc(NC(=O)C(C)(C)n2cc(C#CC3CN(c4ccc5c(c4)C(=O)N(C4CCC(=O)NC4=O)C5=O)C3)cn2)ccc1Cl. The Labute approximate surface area is 263 Å². The third-order valence-corrected chi connectivity index (χ3v) is 8.45. The largest absolute Gasteiger partial charge is 0.369 e. The first-order valence-electron chi connectivity index (χ1n) is 14.1. The molecule has 13 heteroatoms. The van der Waals surface area contributed by atoms with E-state index >= 15 is 0 Å². The van der Waals surface area contributed by atoms with Crippen LogP contribution in [0, 0.1) is 24.3 Å². The Hall–Kier alpha value is -5.46. The van der Waals surface area contributed by atoms with E-state index in [0.717, 1.165) is 10.6 Å². The predicted octanol–water partition coefficient (Wildman–Crippen LogP) is 3.35. The number of carbonyl (C=O) groups excluding carboxylic acids is 5. The number of hydrogen-bond acceptors (Lipinski definition) is 7. The summed E-state index contributed by atoms with van der Waals surface area (Å²) >= 11 is 5.99. The zero-order valence-electron chi connectivity index (χ0n) is 24.3. The van der Waals surface area contributed by atoms with E-state index in [1.807, 2.05) is 4.90 Å². The predicted molar refractivity (Wildman–Crippen MR) is 164 cm³/mol. The van der Waals surface area contributed by atoms with Crippen molar-refractivity contribution in [3.63, 3.8) is 0 Å². The average Bonchev–Trinajstić information content (AvgIpc) is 3.56. The van der Waals surface area contributed by atoms with E-state index in [1.165, 1.54) is 10.7 Å². The number of hydrogen-bond donors (Lipinski definition) is 2.